The molecule has 0 radical (unpaired) electrons. The summed E-state index contributed by atoms with van der Waals surface area (Å²) in [6.45, 7) is 3.56. The Morgan fingerprint density at radius 3 is 3.15 bits per heavy atom. The Morgan fingerprint density at radius 2 is 2.62 bits per heavy atom. The van der Waals surface area contributed by atoms with Crippen LogP contribution < -0.4 is 5.32 Å². The molecule has 1 aromatic rings. The molecule has 1 aliphatic heterocycles. The second-order valence-electron chi connectivity index (χ2n) is 3.68. The van der Waals surface area contributed by atoms with Crippen molar-refractivity contribution in [1.29, 1.82) is 0 Å². The molecule has 0 amide bonds. The van der Waals surface area contributed by atoms with Crippen molar-refractivity contribution in [2.45, 2.75) is 25.6 Å². The highest BCUT2D eigenvalue weighted by molar-refractivity contribution is 4.95. The lowest BCUT2D eigenvalue weighted by atomic mass is 10.1. The van der Waals surface area contributed by atoms with Crippen LogP contribution in [0.1, 0.15) is 12.2 Å². The molecule has 0 spiro atoms. The number of hydrogen-bond acceptors (Lipinski definition) is 2. The van der Waals surface area contributed by atoms with Crippen LogP contribution in [0.5, 0.6) is 0 Å². The van der Waals surface area contributed by atoms with Gasteiger partial charge in [-0.25, -0.2) is 9.37 Å². The molecule has 0 aromatic carbocycles. The maximum atomic E-state index is 13.9. The van der Waals surface area contributed by atoms with Crippen molar-refractivity contribution in [3.05, 3.63) is 18.2 Å². The Balaban J connectivity index is 2.09. The standard InChI is InChI=1S/C9H14FN3/c1-8-12-4-5-13(8)7-9(10)2-3-11-6-9/h4-5,11H,2-3,6-7H2,1H3. The van der Waals surface area contributed by atoms with Crippen LogP contribution in [0.3, 0.4) is 0 Å². The quantitative estimate of drug-likeness (QED) is 0.738. The summed E-state index contributed by atoms with van der Waals surface area (Å²) in [5.74, 6) is 0.879. The van der Waals surface area contributed by atoms with Crippen LogP contribution in [0.15, 0.2) is 12.4 Å². The van der Waals surface area contributed by atoms with Crippen LogP contribution in [0, 0.1) is 6.92 Å². The summed E-state index contributed by atoms with van der Waals surface area (Å²) in [6.07, 6.45) is 4.14. The Kier molecular flexibility index (Phi) is 2.07. The summed E-state index contributed by atoms with van der Waals surface area (Å²) >= 11 is 0. The van der Waals surface area contributed by atoms with E-state index in [1.165, 1.54) is 0 Å². The first-order valence-corrected chi connectivity index (χ1v) is 4.57. The monoisotopic (exact) mass is 183 g/mol. The summed E-state index contributed by atoms with van der Waals surface area (Å²) in [4.78, 5) is 4.07. The third-order valence-corrected chi connectivity index (χ3v) is 2.57. The Bertz CT molecular complexity index is 289. The molecule has 1 fully saturated rings. The molecule has 1 unspecified atom stereocenters. The van der Waals surface area contributed by atoms with Gasteiger partial charge in [0.05, 0.1) is 6.54 Å². The van der Waals surface area contributed by atoms with E-state index < -0.39 is 5.67 Å². The van der Waals surface area contributed by atoms with Crippen molar-refractivity contribution in [2.75, 3.05) is 13.1 Å². The molecule has 1 saturated heterocycles. The summed E-state index contributed by atoms with van der Waals surface area (Å²) in [7, 11) is 0. The van der Waals surface area contributed by atoms with Crippen LogP contribution >= 0.6 is 0 Å². The SMILES string of the molecule is Cc1nccn1CC1(F)CCNC1. The van der Waals surface area contributed by atoms with Crippen LogP contribution in [-0.2, 0) is 6.54 Å². The molecular weight excluding hydrogens is 169 g/mol. The van der Waals surface area contributed by atoms with E-state index >= 15 is 0 Å². The molecule has 72 valence electrons. The Labute approximate surface area is 77.0 Å². The van der Waals surface area contributed by atoms with Crippen LogP contribution in [0.25, 0.3) is 0 Å². The van der Waals surface area contributed by atoms with Crippen LogP contribution in [-0.4, -0.2) is 28.3 Å². The normalized spacial score (nSPS) is 28.2. The molecule has 1 aromatic heterocycles. The Morgan fingerprint density at radius 1 is 1.77 bits per heavy atom. The van der Waals surface area contributed by atoms with Crippen molar-refractivity contribution >= 4 is 0 Å². The zero-order chi connectivity index (χ0) is 9.31. The van der Waals surface area contributed by atoms with Crippen molar-refractivity contribution in [1.82, 2.24) is 14.9 Å². The molecule has 1 N–H and O–H groups in total. The number of nitrogens with zero attached hydrogens (tertiary/aromatic N) is 2. The summed E-state index contributed by atoms with van der Waals surface area (Å²) in [6, 6.07) is 0. The van der Waals surface area contributed by atoms with Gasteiger partial charge in [0, 0.05) is 18.9 Å². The topological polar surface area (TPSA) is 29.9 Å². The van der Waals surface area contributed by atoms with Gasteiger partial charge in [-0.15, -0.1) is 0 Å². The maximum Gasteiger partial charge on any atom is 0.142 e. The number of imidazole rings is 1. The van der Waals surface area contributed by atoms with Gasteiger partial charge in [-0.3, -0.25) is 0 Å². The Hall–Kier alpha value is -0.900. The van der Waals surface area contributed by atoms with Gasteiger partial charge in [0.25, 0.3) is 0 Å². The van der Waals surface area contributed by atoms with Gasteiger partial charge < -0.3 is 9.88 Å². The highest BCUT2D eigenvalue weighted by atomic mass is 19.1. The predicted octanol–water partition coefficient (Wildman–Crippen LogP) is 0.893. The summed E-state index contributed by atoms with van der Waals surface area (Å²) in [5.41, 5.74) is -1.08. The minimum atomic E-state index is -1.08. The highest BCUT2D eigenvalue weighted by Gasteiger charge is 2.34. The fraction of sp³-hybridized carbons (Fsp3) is 0.667. The highest BCUT2D eigenvalue weighted by Crippen LogP contribution is 2.22. The van der Waals surface area contributed by atoms with Gasteiger partial charge in [-0.2, -0.15) is 0 Å². The number of rotatable bonds is 2. The molecule has 3 nitrogen and oxygen atoms in total. The second-order valence-corrected chi connectivity index (χ2v) is 3.68. The predicted molar refractivity (Wildman–Crippen MR) is 48.3 cm³/mol. The van der Waals surface area contributed by atoms with Gasteiger partial charge in [-0.1, -0.05) is 0 Å². The van der Waals surface area contributed by atoms with E-state index in [4.69, 9.17) is 0 Å². The zero-order valence-corrected chi connectivity index (χ0v) is 7.76. The van der Waals surface area contributed by atoms with Crippen molar-refractivity contribution in [3.63, 3.8) is 0 Å². The minimum Gasteiger partial charge on any atom is -0.332 e. The number of nitrogens with one attached hydrogen (secondary N) is 1. The molecule has 1 atom stereocenters. The fourth-order valence-electron chi connectivity index (χ4n) is 1.72. The number of aryl methyl sites for hydroxylation is 1. The fourth-order valence-corrected chi connectivity index (χ4v) is 1.72. The van der Waals surface area contributed by atoms with Crippen LogP contribution in [0.2, 0.25) is 0 Å². The molecular formula is C9H14FN3. The van der Waals surface area contributed by atoms with E-state index in [1.54, 1.807) is 6.20 Å². The molecule has 0 bridgehead atoms. The number of alkyl halides is 1. The third-order valence-electron chi connectivity index (χ3n) is 2.57. The van der Waals surface area contributed by atoms with Crippen molar-refractivity contribution < 1.29 is 4.39 Å². The van der Waals surface area contributed by atoms with E-state index in [-0.39, 0.29) is 0 Å². The van der Waals surface area contributed by atoms with Gasteiger partial charge in [0.2, 0.25) is 0 Å². The average molecular weight is 183 g/mol. The van der Waals surface area contributed by atoms with Gasteiger partial charge in [0.1, 0.15) is 11.5 Å². The second kappa shape index (κ2) is 3.10. The van der Waals surface area contributed by atoms with E-state index in [9.17, 15) is 4.39 Å². The lowest BCUT2D eigenvalue weighted by Crippen LogP contribution is -2.31. The van der Waals surface area contributed by atoms with E-state index in [1.807, 2.05) is 17.7 Å². The van der Waals surface area contributed by atoms with E-state index in [0.717, 1.165) is 12.4 Å². The minimum absolute atomic E-state index is 0.422. The van der Waals surface area contributed by atoms with Crippen LogP contribution in [0.4, 0.5) is 4.39 Å². The number of aromatic nitrogens is 2. The average Bonchev–Trinajstić information content (AvgIpc) is 2.64. The molecule has 1 aliphatic rings. The maximum absolute atomic E-state index is 13.9. The van der Waals surface area contributed by atoms with Gasteiger partial charge in [-0.05, 0) is 19.9 Å². The first-order chi connectivity index (χ1) is 6.20. The van der Waals surface area contributed by atoms with Gasteiger partial charge >= 0.3 is 0 Å². The smallest absolute Gasteiger partial charge is 0.142 e. The summed E-state index contributed by atoms with van der Waals surface area (Å²) in [5, 5.41) is 3.04. The molecule has 4 heteroatoms. The molecule has 2 heterocycles. The lowest BCUT2D eigenvalue weighted by molar-refractivity contribution is 0.161. The van der Waals surface area contributed by atoms with E-state index in [0.29, 0.717) is 19.5 Å². The largest absolute Gasteiger partial charge is 0.332 e. The third kappa shape index (κ3) is 1.72. The molecule has 0 saturated carbocycles. The molecule has 13 heavy (non-hydrogen) atoms. The van der Waals surface area contributed by atoms with Gasteiger partial charge in [0.15, 0.2) is 0 Å². The lowest BCUT2D eigenvalue weighted by Gasteiger charge is -2.19. The molecule has 0 aliphatic carbocycles. The summed E-state index contributed by atoms with van der Waals surface area (Å²) < 4.78 is 15.8. The number of halogens is 1. The van der Waals surface area contributed by atoms with Crippen molar-refractivity contribution in [2.24, 2.45) is 0 Å². The first-order valence-electron chi connectivity index (χ1n) is 4.57. The number of hydrogen-bond donors (Lipinski definition) is 1. The zero-order valence-electron chi connectivity index (χ0n) is 7.76. The first kappa shape index (κ1) is 8.69. The molecule has 2 rings (SSSR count). The van der Waals surface area contributed by atoms with E-state index in [2.05, 4.69) is 10.3 Å². The van der Waals surface area contributed by atoms with Crippen molar-refractivity contribution in [3.8, 4) is 0 Å².